The minimum absolute atomic E-state index is 0.0311. The van der Waals surface area contributed by atoms with E-state index >= 15 is 0 Å². The summed E-state index contributed by atoms with van der Waals surface area (Å²) in [7, 11) is 0. The van der Waals surface area contributed by atoms with Gasteiger partial charge in [-0.3, -0.25) is 4.79 Å². The van der Waals surface area contributed by atoms with Gasteiger partial charge in [-0.2, -0.15) is 4.98 Å². The Hall–Kier alpha value is -2.45. The molecule has 0 atom stereocenters. The fraction of sp³-hybridized carbons (Fsp3) is 0.455. The van der Waals surface area contributed by atoms with Gasteiger partial charge in [-0.15, -0.1) is 5.10 Å². The normalized spacial score (nSPS) is 11.2. The van der Waals surface area contributed by atoms with Crippen molar-refractivity contribution >= 4 is 23.4 Å². The highest BCUT2D eigenvalue weighted by atomic mass is 32.2. The lowest BCUT2D eigenvalue weighted by atomic mass is 9.99. The van der Waals surface area contributed by atoms with Crippen molar-refractivity contribution in [3.8, 4) is 0 Å². The van der Waals surface area contributed by atoms with Crippen molar-refractivity contribution in [3.05, 3.63) is 52.3 Å². The molecule has 0 saturated carbocycles. The minimum Gasteiger partial charge on any atom is -0.382 e. The first kappa shape index (κ1) is 22.2. The Morgan fingerprint density at radius 1 is 1.20 bits per heavy atom. The number of rotatable bonds is 10. The number of amides is 1. The molecule has 0 fully saturated rings. The molecular weight excluding hydrogens is 398 g/mol. The van der Waals surface area contributed by atoms with E-state index in [0.29, 0.717) is 30.7 Å². The first-order valence-electron chi connectivity index (χ1n) is 10.2. The molecule has 2 aromatic heterocycles. The second-order valence-electron chi connectivity index (χ2n) is 7.16. The fourth-order valence-electron chi connectivity index (χ4n) is 3.23. The summed E-state index contributed by atoms with van der Waals surface area (Å²) >= 11 is 1.32. The average molecular weight is 428 g/mol. The molecular formula is C22H29N5O2S. The first-order valence-corrected chi connectivity index (χ1v) is 11.2. The molecule has 0 unspecified atom stereocenters. The Kier molecular flexibility index (Phi) is 7.81. The maximum Gasteiger partial charge on any atom is 0.253 e. The fourth-order valence-corrected chi connectivity index (χ4v) is 3.88. The lowest BCUT2D eigenvalue weighted by Crippen LogP contribution is -2.26. The molecule has 1 N–H and O–H groups in total. The van der Waals surface area contributed by atoms with E-state index < -0.39 is 0 Å². The molecule has 0 spiro atoms. The van der Waals surface area contributed by atoms with Crippen LogP contribution < -0.4 is 5.32 Å². The summed E-state index contributed by atoms with van der Waals surface area (Å²) in [5, 5.41) is 8.02. The Morgan fingerprint density at radius 3 is 2.77 bits per heavy atom. The molecule has 0 aliphatic rings. The second kappa shape index (κ2) is 10.5. The lowest BCUT2D eigenvalue weighted by molar-refractivity contribution is -0.118. The van der Waals surface area contributed by atoms with E-state index in [1.807, 2.05) is 20.8 Å². The number of benzene rings is 1. The number of fused-ring (bicyclic) bond motifs is 1. The van der Waals surface area contributed by atoms with E-state index in [1.165, 1.54) is 22.9 Å². The van der Waals surface area contributed by atoms with E-state index in [0.717, 1.165) is 29.8 Å². The molecule has 8 heteroatoms. The van der Waals surface area contributed by atoms with Crippen molar-refractivity contribution in [1.29, 1.82) is 0 Å². The molecule has 160 valence electrons. The van der Waals surface area contributed by atoms with Crippen molar-refractivity contribution in [2.45, 2.75) is 45.7 Å². The lowest BCUT2D eigenvalue weighted by Gasteiger charge is -2.11. The number of aryl methyl sites for hydroxylation is 3. The number of carbonyl (C=O) groups excluding carboxylic acids is 1. The van der Waals surface area contributed by atoms with Gasteiger partial charge in [0.2, 0.25) is 11.1 Å². The van der Waals surface area contributed by atoms with Gasteiger partial charge in [-0.05, 0) is 50.8 Å². The minimum atomic E-state index is -0.0311. The largest absolute Gasteiger partial charge is 0.382 e. The van der Waals surface area contributed by atoms with Crippen molar-refractivity contribution in [3.63, 3.8) is 0 Å². The number of hydrogen-bond donors (Lipinski definition) is 1. The third kappa shape index (κ3) is 5.58. The number of nitrogens with zero attached hydrogens (tertiary/aromatic N) is 4. The first-order chi connectivity index (χ1) is 14.5. The highest BCUT2D eigenvalue weighted by Crippen LogP contribution is 2.21. The van der Waals surface area contributed by atoms with Gasteiger partial charge in [-0.25, -0.2) is 9.50 Å². The van der Waals surface area contributed by atoms with E-state index in [2.05, 4.69) is 51.6 Å². The number of hydrogen-bond acceptors (Lipinski definition) is 6. The van der Waals surface area contributed by atoms with Crippen molar-refractivity contribution in [2.24, 2.45) is 0 Å². The topological polar surface area (TPSA) is 81.4 Å². The predicted octanol–water partition coefficient (Wildman–Crippen LogP) is 3.28. The molecule has 0 aliphatic carbocycles. The van der Waals surface area contributed by atoms with Gasteiger partial charge in [0.1, 0.15) is 0 Å². The van der Waals surface area contributed by atoms with Gasteiger partial charge < -0.3 is 10.1 Å². The number of nitrogens with one attached hydrogen (secondary N) is 1. The Labute approximate surface area is 181 Å². The maximum absolute atomic E-state index is 12.0. The quantitative estimate of drug-likeness (QED) is 0.395. The smallest absolute Gasteiger partial charge is 0.253 e. The molecule has 3 aromatic rings. The number of thioether (sulfide) groups is 1. The maximum atomic E-state index is 12.0. The molecule has 2 heterocycles. The van der Waals surface area contributed by atoms with Crippen LogP contribution in [0.25, 0.3) is 5.78 Å². The number of carbonyl (C=O) groups is 1. The zero-order chi connectivity index (χ0) is 21.5. The van der Waals surface area contributed by atoms with E-state index in [-0.39, 0.29) is 11.7 Å². The Balaban J connectivity index is 1.67. The van der Waals surface area contributed by atoms with Gasteiger partial charge in [0.15, 0.2) is 0 Å². The highest BCUT2D eigenvalue weighted by molar-refractivity contribution is 7.99. The van der Waals surface area contributed by atoms with Crippen LogP contribution >= 0.6 is 11.8 Å². The van der Waals surface area contributed by atoms with Crippen LogP contribution in [-0.2, 0) is 16.0 Å². The van der Waals surface area contributed by atoms with Crippen molar-refractivity contribution in [1.82, 2.24) is 24.9 Å². The average Bonchev–Trinajstić information content (AvgIpc) is 3.13. The molecule has 1 amide bonds. The molecule has 1 aromatic carbocycles. The standard InChI is InChI=1S/C22H29N5O2S/c1-5-29-12-8-11-23-20(28)14-30-22-25-21-24-16(3)19(17(4)27(21)26-22)13-18-10-7-6-9-15(18)2/h6-7,9-10H,5,8,11-14H2,1-4H3,(H,23,28). The molecule has 7 nitrogen and oxygen atoms in total. The molecule has 3 rings (SSSR count). The van der Waals surface area contributed by atoms with Crippen LogP contribution in [0.2, 0.25) is 0 Å². The van der Waals surface area contributed by atoms with Gasteiger partial charge >= 0.3 is 0 Å². The molecule has 0 bridgehead atoms. The van der Waals surface area contributed by atoms with Crippen LogP contribution in [0, 0.1) is 20.8 Å². The van der Waals surface area contributed by atoms with E-state index in [4.69, 9.17) is 4.74 Å². The molecule has 0 radical (unpaired) electrons. The van der Waals surface area contributed by atoms with Crippen LogP contribution in [0.1, 0.15) is 41.4 Å². The second-order valence-corrected chi connectivity index (χ2v) is 8.10. The van der Waals surface area contributed by atoms with E-state index in [1.54, 1.807) is 4.52 Å². The zero-order valence-corrected chi connectivity index (χ0v) is 18.9. The summed E-state index contributed by atoms with van der Waals surface area (Å²) in [6.45, 7) is 10.1. The summed E-state index contributed by atoms with van der Waals surface area (Å²) in [5.74, 6) is 0.814. The summed E-state index contributed by atoms with van der Waals surface area (Å²) in [6.07, 6.45) is 1.61. The van der Waals surface area contributed by atoms with Crippen LogP contribution in [0.4, 0.5) is 0 Å². The van der Waals surface area contributed by atoms with Crippen LogP contribution in [0.15, 0.2) is 29.4 Å². The Morgan fingerprint density at radius 2 is 2.00 bits per heavy atom. The van der Waals surface area contributed by atoms with Gasteiger partial charge in [0, 0.05) is 37.6 Å². The zero-order valence-electron chi connectivity index (χ0n) is 18.1. The third-order valence-corrected chi connectivity index (χ3v) is 5.82. The van der Waals surface area contributed by atoms with E-state index in [9.17, 15) is 4.79 Å². The SMILES string of the molecule is CCOCCCNC(=O)CSc1nc2nc(C)c(Cc3ccccc3C)c(C)n2n1. The van der Waals surface area contributed by atoms with Gasteiger partial charge in [-0.1, -0.05) is 36.0 Å². The number of ether oxygens (including phenoxy) is 1. The van der Waals surface area contributed by atoms with Crippen LogP contribution in [-0.4, -0.2) is 51.0 Å². The molecule has 30 heavy (non-hydrogen) atoms. The summed E-state index contributed by atoms with van der Waals surface area (Å²) in [6, 6.07) is 8.38. The number of aromatic nitrogens is 4. The van der Waals surface area contributed by atoms with Crippen LogP contribution in [0.5, 0.6) is 0 Å². The summed E-state index contributed by atoms with van der Waals surface area (Å²) in [5.41, 5.74) is 5.68. The van der Waals surface area contributed by atoms with Crippen molar-refractivity contribution < 1.29 is 9.53 Å². The predicted molar refractivity (Wildman–Crippen MR) is 119 cm³/mol. The Bertz CT molecular complexity index is 1020. The molecule has 0 saturated heterocycles. The monoisotopic (exact) mass is 427 g/mol. The van der Waals surface area contributed by atoms with Gasteiger partial charge in [0.05, 0.1) is 5.75 Å². The highest BCUT2D eigenvalue weighted by Gasteiger charge is 2.15. The van der Waals surface area contributed by atoms with Crippen molar-refractivity contribution in [2.75, 3.05) is 25.5 Å². The third-order valence-electron chi connectivity index (χ3n) is 4.98. The van der Waals surface area contributed by atoms with Crippen LogP contribution in [0.3, 0.4) is 0 Å². The van der Waals surface area contributed by atoms with Gasteiger partial charge in [0.25, 0.3) is 5.78 Å². The summed E-state index contributed by atoms with van der Waals surface area (Å²) < 4.78 is 7.05. The summed E-state index contributed by atoms with van der Waals surface area (Å²) in [4.78, 5) is 21.2. The molecule has 0 aliphatic heterocycles.